The molecule has 3 heterocycles. The second-order valence-electron chi connectivity index (χ2n) is 6.27. The fourth-order valence-corrected chi connectivity index (χ4v) is 6.02. The van der Waals surface area contributed by atoms with E-state index in [9.17, 15) is 0 Å². The normalized spacial score (nSPS) is 14.4. The van der Waals surface area contributed by atoms with Gasteiger partial charge in [0.05, 0.1) is 0 Å². The predicted molar refractivity (Wildman–Crippen MR) is 101 cm³/mol. The van der Waals surface area contributed by atoms with Gasteiger partial charge < -0.3 is 4.98 Å². The molecule has 5 rings (SSSR count). The van der Waals surface area contributed by atoms with Crippen LogP contribution in [0.2, 0.25) is 0 Å². The van der Waals surface area contributed by atoms with Crippen molar-refractivity contribution in [2.24, 2.45) is 0 Å². The fourth-order valence-electron chi connectivity index (χ4n) is 3.53. The Kier molecular flexibility index (Phi) is 3.38. The molecule has 1 aromatic carbocycles. The maximum atomic E-state index is 4.81. The monoisotopic (exact) mass is 351 g/mol. The van der Waals surface area contributed by atoms with Crippen LogP contribution >= 0.6 is 23.1 Å². The van der Waals surface area contributed by atoms with Crippen LogP contribution in [0.5, 0.6) is 0 Å². The molecule has 0 saturated carbocycles. The van der Waals surface area contributed by atoms with Crippen molar-refractivity contribution in [2.75, 3.05) is 0 Å². The number of aryl methyl sites for hydroxylation is 3. The lowest BCUT2D eigenvalue weighted by atomic mass is 9.97. The molecule has 0 bridgehead atoms. The Morgan fingerprint density at radius 3 is 2.96 bits per heavy atom. The number of aromatic amines is 1. The second kappa shape index (κ2) is 5.60. The molecule has 1 aliphatic carbocycles. The second-order valence-corrected chi connectivity index (χ2v) is 8.38. The summed E-state index contributed by atoms with van der Waals surface area (Å²) in [6.07, 6.45) is 7.05. The zero-order chi connectivity index (χ0) is 16.1. The van der Waals surface area contributed by atoms with Gasteiger partial charge in [-0.25, -0.2) is 9.97 Å². The van der Waals surface area contributed by atoms with E-state index in [-0.39, 0.29) is 0 Å². The molecular formula is C19H17N3S2. The van der Waals surface area contributed by atoms with Crippen LogP contribution in [-0.4, -0.2) is 15.0 Å². The van der Waals surface area contributed by atoms with Gasteiger partial charge in [0.25, 0.3) is 0 Å². The van der Waals surface area contributed by atoms with Crippen molar-refractivity contribution in [3.63, 3.8) is 0 Å². The summed E-state index contributed by atoms with van der Waals surface area (Å²) in [7, 11) is 0. The van der Waals surface area contributed by atoms with E-state index in [0.717, 1.165) is 15.7 Å². The van der Waals surface area contributed by atoms with Crippen LogP contribution < -0.4 is 0 Å². The van der Waals surface area contributed by atoms with E-state index in [4.69, 9.17) is 9.97 Å². The van der Waals surface area contributed by atoms with E-state index in [1.54, 1.807) is 11.8 Å². The minimum atomic E-state index is 0.864. The van der Waals surface area contributed by atoms with Crippen molar-refractivity contribution >= 4 is 44.2 Å². The number of para-hydroxylation sites is 1. The van der Waals surface area contributed by atoms with Gasteiger partial charge in [-0.3, -0.25) is 0 Å². The van der Waals surface area contributed by atoms with Crippen molar-refractivity contribution < 1.29 is 0 Å². The van der Waals surface area contributed by atoms with E-state index in [0.29, 0.717) is 0 Å². The van der Waals surface area contributed by atoms with Gasteiger partial charge >= 0.3 is 0 Å². The molecule has 5 heteroatoms. The topological polar surface area (TPSA) is 41.6 Å². The van der Waals surface area contributed by atoms with Crippen molar-refractivity contribution in [3.8, 4) is 0 Å². The lowest BCUT2D eigenvalue weighted by molar-refractivity contribution is 0.699. The molecule has 0 amide bonds. The third-order valence-electron chi connectivity index (χ3n) is 4.65. The summed E-state index contributed by atoms with van der Waals surface area (Å²) in [5.74, 6) is 0.864. The Morgan fingerprint density at radius 1 is 1.12 bits per heavy atom. The van der Waals surface area contributed by atoms with Crippen LogP contribution in [0.15, 0.2) is 40.4 Å². The van der Waals surface area contributed by atoms with Gasteiger partial charge in [0.15, 0.2) is 0 Å². The van der Waals surface area contributed by atoms with Crippen LogP contribution in [-0.2, 0) is 12.8 Å². The summed E-state index contributed by atoms with van der Waals surface area (Å²) in [4.78, 5) is 16.8. The fraction of sp³-hybridized carbons (Fsp3) is 0.263. The number of aromatic nitrogens is 3. The summed E-state index contributed by atoms with van der Waals surface area (Å²) >= 11 is 3.64. The highest BCUT2D eigenvalue weighted by Gasteiger charge is 2.21. The molecule has 4 aromatic rings. The highest BCUT2D eigenvalue weighted by Crippen LogP contribution is 2.42. The van der Waals surface area contributed by atoms with E-state index >= 15 is 0 Å². The van der Waals surface area contributed by atoms with Gasteiger partial charge in [-0.2, -0.15) is 0 Å². The summed E-state index contributed by atoms with van der Waals surface area (Å²) in [5, 5.41) is 3.67. The first-order valence-corrected chi connectivity index (χ1v) is 9.96. The third-order valence-corrected chi connectivity index (χ3v) is 6.88. The van der Waals surface area contributed by atoms with E-state index in [1.165, 1.54) is 57.3 Å². The first kappa shape index (κ1) is 14.5. The predicted octanol–water partition coefficient (Wildman–Crippen LogP) is 5.51. The maximum absolute atomic E-state index is 4.81. The zero-order valence-corrected chi connectivity index (χ0v) is 15.1. The van der Waals surface area contributed by atoms with Gasteiger partial charge in [0.1, 0.15) is 15.7 Å². The largest absolute Gasteiger partial charge is 0.360 e. The summed E-state index contributed by atoms with van der Waals surface area (Å²) in [6, 6.07) is 8.44. The Morgan fingerprint density at radius 2 is 2.00 bits per heavy atom. The van der Waals surface area contributed by atoms with E-state index in [2.05, 4.69) is 35.4 Å². The molecule has 3 nitrogen and oxygen atoms in total. The molecule has 3 aromatic heterocycles. The van der Waals surface area contributed by atoms with Crippen LogP contribution in [0.4, 0.5) is 0 Å². The van der Waals surface area contributed by atoms with Crippen LogP contribution in [0.25, 0.3) is 21.1 Å². The van der Waals surface area contributed by atoms with Crippen molar-refractivity contribution in [1.82, 2.24) is 15.0 Å². The zero-order valence-electron chi connectivity index (χ0n) is 13.4. The number of nitrogens with zero attached hydrogens (tertiary/aromatic N) is 2. The average molecular weight is 352 g/mol. The molecule has 0 saturated heterocycles. The number of rotatable bonds is 2. The smallest absolute Gasteiger partial charge is 0.128 e. The van der Waals surface area contributed by atoms with Gasteiger partial charge in [0, 0.05) is 32.3 Å². The number of H-pyrrole nitrogens is 1. The molecule has 1 N–H and O–H groups in total. The number of hydrogen-bond acceptors (Lipinski definition) is 4. The standard InChI is InChI=1S/C19H17N3S2/c1-11-21-18-17(13-7-3-5-9-15(13)23-18)19(22-11)24-16-10-20-14-8-4-2-6-12(14)16/h2,4,6,8,10,20H,3,5,7,9H2,1H3. The quantitative estimate of drug-likeness (QED) is 0.484. The van der Waals surface area contributed by atoms with E-state index in [1.807, 2.05) is 18.3 Å². The molecule has 24 heavy (non-hydrogen) atoms. The van der Waals surface area contributed by atoms with Gasteiger partial charge in [0.2, 0.25) is 0 Å². The summed E-state index contributed by atoms with van der Waals surface area (Å²) in [6.45, 7) is 2.00. The number of thiophene rings is 1. The molecule has 0 spiro atoms. The Labute approximate surface area is 148 Å². The van der Waals surface area contributed by atoms with Crippen LogP contribution in [0, 0.1) is 6.92 Å². The molecule has 0 atom stereocenters. The molecule has 0 aliphatic heterocycles. The molecule has 0 fully saturated rings. The van der Waals surface area contributed by atoms with Gasteiger partial charge in [-0.1, -0.05) is 30.0 Å². The highest BCUT2D eigenvalue weighted by atomic mass is 32.2. The maximum Gasteiger partial charge on any atom is 0.128 e. The molecule has 120 valence electrons. The Hall–Kier alpha value is -1.85. The van der Waals surface area contributed by atoms with Gasteiger partial charge in [-0.15, -0.1) is 11.3 Å². The van der Waals surface area contributed by atoms with Crippen molar-refractivity contribution in [3.05, 3.63) is 46.7 Å². The highest BCUT2D eigenvalue weighted by molar-refractivity contribution is 7.99. The van der Waals surface area contributed by atoms with Crippen LogP contribution in [0.3, 0.4) is 0 Å². The van der Waals surface area contributed by atoms with Crippen molar-refractivity contribution in [2.45, 2.75) is 42.5 Å². The minimum Gasteiger partial charge on any atom is -0.360 e. The molecule has 0 radical (unpaired) electrons. The van der Waals surface area contributed by atoms with Gasteiger partial charge in [-0.05, 0) is 44.2 Å². The molecule has 0 unspecified atom stereocenters. The average Bonchev–Trinajstić information content (AvgIpc) is 3.16. The first-order valence-electron chi connectivity index (χ1n) is 8.32. The Balaban J connectivity index is 1.69. The van der Waals surface area contributed by atoms with E-state index < -0.39 is 0 Å². The third kappa shape index (κ3) is 2.26. The number of fused-ring (bicyclic) bond motifs is 4. The van der Waals surface area contributed by atoms with Crippen LogP contribution in [0.1, 0.15) is 29.1 Å². The molecular weight excluding hydrogens is 334 g/mol. The summed E-state index contributed by atoms with van der Waals surface area (Å²) < 4.78 is 0. The number of nitrogens with one attached hydrogen (secondary N) is 1. The lowest BCUT2D eigenvalue weighted by Crippen LogP contribution is -1.99. The SMILES string of the molecule is Cc1nc(Sc2c[nH]c3ccccc23)c2c3c(sc2n1)CCCC3. The Bertz CT molecular complexity index is 1060. The summed E-state index contributed by atoms with van der Waals surface area (Å²) in [5.41, 5.74) is 2.68. The first-order chi connectivity index (χ1) is 11.8. The number of benzene rings is 1. The molecule has 1 aliphatic rings. The minimum absolute atomic E-state index is 0.864. The lowest BCUT2D eigenvalue weighted by Gasteiger charge is -2.11. The number of hydrogen-bond donors (Lipinski definition) is 1. The van der Waals surface area contributed by atoms with Crippen molar-refractivity contribution in [1.29, 1.82) is 0 Å².